The lowest BCUT2D eigenvalue weighted by molar-refractivity contribution is -0.384. The van der Waals surface area contributed by atoms with E-state index in [-0.39, 0.29) is 23.3 Å². The van der Waals surface area contributed by atoms with Crippen molar-refractivity contribution < 1.29 is 9.72 Å². The first kappa shape index (κ1) is 12.2. The van der Waals surface area contributed by atoms with Crippen LogP contribution in [0.2, 0.25) is 0 Å². The van der Waals surface area contributed by atoms with Crippen LogP contribution >= 0.6 is 0 Å². The molecule has 0 aromatic carbocycles. The Balaban J connectivity index is 2.56. The van der Waals surface area contributed by atoms with Crippen LogP contribution < -0.4 is 10.6 Å². The van der Waals surface area contributed by atoms with E-state index in [0.29, 0.717) is 6.54 Å². The van der Waals surface area contributed by atoms with Gasteiger partial charge < -0.3 is 15.6 Å². The molecular weight excluding hydrogens is 212 g/mol. The minimum atomic E-state index is -0.552. The van der Waals surface area contributed by atoms with Gasteiger partial charge in [-0.2, -0.15) is 0 Å². The zero-order valence-corrected chi connectivity index (χ0v) is 9.11. The standard InChI is InChI=1S/C9H14N4O3/c1-6(10-2)4-12-9(14)8-3-7(5-11-8)13(15)16/h3,5-6,10-11H,4H2,1-2H3,(H,12,14). The minimum absolute atomic E-state index is 0.119. The smallest absolute Gasteiger partial charge is 0.287 e. The van der Waals surface area contributed by atoms with E-state index >= 15 is 0 Å². The molecule has 7 nitrogen and oxygen atoms in total. The first-order valence-corrected chi connectivity index (χ1v) is 4.83. The predicted molar refractivity (Wildman–Crippen MR) is 58.3 cm³/mol. The van der Waals surface area contributed by atoms with E-state index in [4.69, 9.17) is 0 Å². The van der Waals surface area contributed by atoms with Crippen LogP contribution in [0.5, 0.6) is 0 Å². The summed E-state index contributed by atoms with van der Waals surface area (Å²) in [6.07, 6.45) is 1.19. The highest BCUT2D eigenvalue weighted by atomic mass is 16.6. The Bertz CT molecular complexity index is 388. The van der Waals surface area contributed by atoms with Crippen molar-refractivity contribution >= 4 is 11.6 Å². The lowest BCUT2D eigenvalue weighted by Gasteiger charge is -2.10. The van der Waals surface area contributed by atoms with Gasteiger partial charge in [-0.3, -0.25) is 14.9 Å². The maximum Gasteiger partial charge on any atom is 0.287 e. The third-order valence-electron chi connectivity index (χ3n) is 2.18. The fourth-order valence-electron chi connectivity index (χ4n) is 1.06. The predicted octanol–water partition coefficient (Wildman–Crippen LogP) is 0.261. The van der Waals surface area contributed by atoms with Gasteiger partial charge in [0, 0.05) is 18.7 Å². The van der Waals surface area contributed by atoms with Crippen molar-refractivity contribution in [2.24, 2.45) is 0 Å². The number of nitro groups is 1. The third-order valence-corrected chi connectivity index (χ3v) is 2.18. The van der Waals surface area contributed by atoms with Gasteiger partial charge in [-0.15, -0.1) is 0 Å². The second-order valence-electron chi connectivity index (χ2n) is 3.43. The molecule has 0 bridgehead atoms. The lowest BCUT2D eigenvalue weighted by Crippen LogP contribution is -2.37. The van der Waals surface area contributed by atoms with Crippen molar-refractivity contribution in [2.45, 2.75) is 13.0 Å². The molecule has 0 aliphatic carbocycles. The highest BCUT2D eigenvalue weighted by molar-refractivity contribution is 5.93. The first-order chi connectivity index (χ1) is 7.54. The average molecular weight is 226 g/mol. The molecule has 88 valence electrons. The number of hydrogen-bond acceptors (Lipinski definition) is 4. The molecule has 0 aliphatic rings. The summed E-state index contributed by atoms with van der Waals surface area (Å²) in [6, 6.07) is 1.35. The molecule has 1 heterocycles. The monoisotopic (exact) mass is 226 g/mol. The van der Waals surface area contributed by atoms with Crippen molar-refractivity contribution in [3.05, 3.63) is 28.1 Å². The molecule has 1 aromatic heterocycles. The van der Waals surface area contributed by atoms with Crippen LogP contribution in [0, 0.1) is 10.1 Å². The van der Waals surface area contributed by atoms with Gasteiger partial charge in [-0.1, -0.05) is 0 Å². The van der Waals surface area contributed by atoms with Crippen molar-refractivity contribution in [1.29, 1.82) is 0 Å². The van der Waals surface area contributed by atoms with Gasteiger partial charge >= 0.3 is 0 Å². The van der Waals surface area contributed by atoms with E-state index in [1.807, 2.05) is 6.92 Å². The van der Waals surface area contributed by atoms with E-state index in [0.717, 1.165) is 0 Å². The quantitative estimate of drug-likeness (QED) is 0.495. The van der Waals surface area contributed by atoms with Crippen molar-refractivity contribution in [1.82, 2.24) is 15.6 Å². The molecule has 0 saturated carbocycles. The van der Waals surface area contributed by atoms with Crippen LogP contribution in [0.1, 0.15) is 17.4 Å². The Morgan fingerprint density at radius 1 is 1.69 bits per heavy atom. The number of carbonyl (C=O) groups is 1. The lowest BCUT2D eigenvalue weighted by atomic mass is 10.3. The number of rotatable bonds is 5. The number of aromatic amines is 1. The molecule has 0 fully saturated rings. The van der Waals surface area contributed by atoms with Crippen molar-refractivity contribution in [3.63, 3.8) is 0 Å². The molecule has 7 heteroatoms. The normalized spacial score (nSPS) is 12.1. The van der Waals surface area contributed by atoms with E-state index in [1.165, 1.54) is 12.3 Å². The Kier molecular flexibility index (Phi) is 4.01. The van der Waals surface area contributed by atoms with E-state index in [2.05, 4.69) is 15.6 Å². The molecule has 0 spiro atoms. The van der Waals surface area contributed by atoms with Crippen LogP contribution in [-0.2, 0) is 0 Å². The topological polar surface area (TPSA) is 100 Å². The number of carbonyl (C=O) groups excluding carboxylic acids is 1. The van der Waals surface area contributed by atoms with Crippen molar-refractivity contribution in [3.8, 4) is 0 Å². The Hall–Kier alpha value is -1.89. The number of likely N-dealkylation sites (N-methyl/N-ethyl adjacent to an activating group) is 1. The highest BCUT2D eigenvalue weighted by Gasteiger charge is 2.14. The summed E-state index contributed by atoms with van der Waals surface area (Å²) >= 11 is 0. The molecule has 1 rings (SSSR count). The van der Waals surface area contributed by atoms with Gasteiger partial charge in [-0.25, -0.2) is 0 Å². The maximum absolute atomic E-state index is 11.5. The van der Waals surface area contributed by atoms with Gasteiger partial charge in [0.05, 0.1) is 11.1 Å². The van der Waals surface area contributed by atoms with Crippen LogP contribution in [0.15, 0.2) is 12.3 Å². The summed E-state index contributed by atoms with van der Waals surface area (Å²) in [5, 5.41) is 16.0. The van der Waals surface area contributed by atoms with E-state index in [9.17, 15) is 14.9 Å². The molecule has 16 heavy (non-hydrogen) atoms. The molecule has 1 aromatic rings. The first-order valence-electron chi connectivity index (χ1n) is 4.83. The molecule has 3 N–H and O–H groups in total. The van der Waals surface area contributed by atoms with Crippen molar-refractivity contribution in [2.75, 3.05) is 13.6 Å². The SMILES string of the molecule is CNC(C)CNC(=O)c1cc([N+](=O)[O-])c[nH]1. The molecule has 1 atom stereocenters. The molecule has 0 radical (unpaired) electrons. The van der Waals surface area contributed by atoms with Gasteiger partial charge in [0.1, 0.15) is 5.69 Å². The summed E-state index contributed by atoms with van der Waals surface area (Å²) in [7, 11) is 1.79. The number of H-pyrrole nitrogens is 1. The number of amides is 1. The molecule has 0 saturated heterocycles. The zero-order chi connectivity index (χ0) is 12.1. The Morgan fingerprint density at radius 2 is 2.38 bits per heavy atom. The number of nitrogens with zero attached hydrogens (tertiary/aromatic N) is 1. The number of aromatic nitrogens is 1. The largest absolute Gasteiger partial charge is 0.351 e. The van der Waals surface area contributed by atoms with Gasteiger partial charge in [0.15, 0.2) is 0 Å². The Labute approximate surface area is 92.4 Å². The van der Waals surface area contributed by atoms with Crippen LogP contribution in [0.25, 0.3) is 0 Å². The maximum atomic E-state index is 11.5. The summed E-state index contributed by atoms with van der Waals surface area (Å²) < 4.78 is 0. The second-order valence-corrected chi connectivity index (χ2v) is 3.43. The molecule has 0 aliphatic heterocycles. The summed E-state index contributed by atoms with van der Waals surface area (Å²) in [6.45, 7) is 2.37. The Morgan fingerprint density at radius 3 is 2.88 bits per heavy atom. The van der Waals surface area contributed by atoms with Crippen LogP contribution in [0.4, 0.5) is 5.69 Å². The van der Waals surface area contributed by atoms with E-state index in [1.54, 1.807) is 7.05 Å². The van der Waals surface area contributed by atoms with Crippen LogP contribution in [-0.4, -0.2) is 35.4 Å². The highest BCUT2D eigenvalue weighted by Crippen LogP contribution is 2.11. The summed E-state index contributed by atoms with van der Waals surface area (Å²) in [5.41, 5.74) is 0.0711. The summed E-state index contributed by atoms with van der Waals surface area (Å²) in [4.78, 5) is 23.9. The third kappa shape index (κ3) is 3.06. The molecule has 1 amide bonds. The van der Waals surface area contributed by atoms with E-state index < -0.39 is 4.92 Å². The average Bonchev–Trinajstić information content (AvgIpc) is 2.74. The number of nitrogens with one attached hydrogen (secondary N) is 3. The number of hydrogen-bond donors (Lipinski definition) is 3. The second kappa shape index (κ2) is 5.26. The van der Waals surface area contributed by atoms with Crippen LogP contribution in [0.3, 0.4) is 0 Å². The van der Waals surface area contributed by atoms with Gasteiger partial charge in [0.2, 0.25) is 0 Å². The zero-order valence-electron chi connectivity index (χ0n) is 9.11. The summed E-state index contributed by atoms with van der Waals surface area (Å²) in [5.74, 6) is -0.352. The molecule has 1 unspecified atom stereocenters. The fraction of sp³-hybridized carbons (Fsp3) is 0.444. The molecular formula is C9H14N4O3. The fourth-order valence-corrected chi connectivity index (χ4v) is 1.06. The minimum Gasteiger partial charge on any atom is -0.351 e. The van der Waals surface area contributed by atoms with Gasteiger partial charge in [0.25, 0.3) is 11.6 Å². The van der Waals surface area contributed by atoms with Gasteiger partial charge in [-0.05, 0) is 14.0 Å².